The monoisotopic (exact) mass is 324 g/mol. The van der Waals surface area contributed by atoms with Crippen LogP contribution in [0.4, 0.5) is 0 Å². The summed E-state index contributed by atoms with van der Waals surface area (Å²) in [5.41, 5.74) is 11.7. The van der Waals surface area contributed by atoms with E-state index in [0.29, 0.717) is 31.8 Å². The molecule has 0 radical (unpaired) electrons. The molecule has 2 amide bonds. The van der Waals surface area contributed by atoms with Gasteiger partial charge >= 0.3 is 0 Å². The number of carbonyl (C=O) groups is 2. The van der Waals surface area contributed by atoms with Gasteiger partial charge in [-0.25, -0.2) is 0 Å². The predicted octanol–water partition coefficient (Wildman–Crippen LogP) is 0.740. The molecule has 1 aliphatic carbocycles. The Morgan fingerprint density at radius 1 is 1.13 bits per heavy atom. The molecule has 23 heavy (non-hydrogen) atoms. The van der Waals surface area contributed by atoms with Gasteiger partial charge < -0.3 is 16.8 Å². The van der Waals surface area contributed by atoms with Gasteiger partial charge in [-0.2, -0.15) is 0 Å². The van der Waals surface area contributed by atoms with Crippen LogP contribution in [0.5, 0.6) is 0 Å². The van der Waals surface area contributed by atoms with E-state index in [4.69, 9.17) is 11.5 Å². The fraction of sp³-hybridized carbons (Fsp3) is 0.882. The number of amides is 2. The van der Waals surface area contributed by atoms with Crippen molar-refractivity contribution in [1.82, 2.24) is 10.2 Å². The average Bonchev–Trinajstić information content (AvgIpc) is 3.10. The smallest absolute Gasteiger partial charge is 0.246 e. The van der Waals surface area contributed by atoms with E-state index in [-0.39, 0.29) is 17.9 Å². The fourth-order valence-corrected chi connectivity index (χ4v) is 3.74. The van der Waals surface area contributed by atoms with Gasteiger partial charge in [-0.05, 0) is 44.7 Å². The van der Waals surface area contributed by atoms with E-state index >= 15 is 0 Å². The summed E-state index contributed by atoms with van der Waals surface area (Å²) in [5.74, 6) is 0.182. The number of carbonyl (C=O) groups excluding carboxylic acids is 2. The Labute approximate surface area is 139 Å². The maximum absolute atomic E-state index is 12.7. The molecule has 1 heterocycles. The summed E-state index contributed by atoms with van der Waals surface area (Å²) in [6, 6.07) is -0.806. The molecule has 1 aliphatic heterocycles. The lowest BCUT2D eigenvalue weighted by Crippen LogP contribution is -2.53. The van der Waals surface area contributed by atoms with Crippen LogP contribution in [0.1, 0.15) is 57.8 Å². The Bertz CT molecular complexity index is 390. The van der Waals surface area contributed by atoms with E-state index in [2.05, 4.69) is 5.32 Å². The summed E-state index contributed by atoms with van der Waals surface area (Å²) in [4.78, 5) is 26.7. The molecule has 132 valence electrons. The van der Waals surface area contributed by atoms with Crippen LogP contribution in [0.3, 0.4) is 0 Å². The van der Waals surface area contributed by atoms with Crippen LogP contribution in [0.2, 0.25) is 0 Å². The third-order valence-electron chi connectivity index (χ3n) is 5.11. The highest BCUT2D eigenvalue weighted by Gasteiger charge is 2.33. The first-order valence-corrected chi connectivity index (χ1v) is 9.17. The summed E-state index contributed by atoms with van der Waals surface area (Å²) < 4.78 is 0. The van der Waals surface area contributed by atoms with Crippen LogP contribution < -0.4 is 16.8 Å². The minimum absolute atomic E-state index is 0.125. The van der Waals surface area contributed by atoms with E-state index in [1.54, 1.807) is 0 Å². The van der Waals surface area contributed by atoms with Gasteiger partial charge in [-0.3, -0.25) is 14.5 Å². The number of hydrogen-bond donors (Lipinski definition) is 3. The highest BCUT2D eigenvalue weighted by atomic mass is 16.2. The van der Waals surface area contributed by atoms with Crippen molar-refractivity contribution in [2.75, 3.05) is 19.6 Å². The lowest BCUT2D eigenvalue weighted by molar-refractivity contribution is -0.147. The molecule has 1 unspecified atom stereocenters. The molecule has 6 heteroatoms. The number of nitrogens with one attached hydrogen (secondary N) is 1. The zero-order valence-electron chi connectivity index (χ0n) is 14.1. The van der Waals surface area contributed by atoms with Crippen LogP contribution in [-0.2, 0) is 9.59 Å². The Kier molecular flexibility index (Phi) is 7.46. The van der Waals surface area contributed by atoms with Gasteiger partial charge in [-0.15, -0.1) is 0 Å². The van der Waals surface area contributed by atoms with Crippen molar-refractivity contribution in [3.8, 4) is 0 Å². The molecule has 2 atom stereocenters. The van der Waals surface area contributed by atoms with E-state index in [1.165, 1.54) is 24.2 Å². The van der Waals surface area contributed by atoms with Crippen molar-refractivity contribution in [2.24, 2.45) is 17.4 Å². The normalized spacial score (nSPS) is 23.7. The first kappa shape index (κ1) is 18.4. The van der Waals surface area contributed by atoms with Gasteiger partial charge in [0.2, 0.25) is 11.8 Å². The highest BCUT2D eigenvalue weighted by molar-refractivity contribution is 6.00. The molecule has 2 fully saturated rings. The van der Waals surface area contributed by atoms with Crippen LogP contribution in [0.15, 0.2) is 0 Å². The molecule has 0 aromatic carbocycles. The second kappa shape index (κ2) is 9.35. The summed E-state index contributed by atoms with van der Waals surface area (Å²) >= 11 is 0. The fourth-order valence-electron chi connectivity index (χ4n) is 3.74. The van der Waals surface area contributed by atoms with E-state index in [9.17, 15) is 9.59 Å². The van der Waals surface area contributed by atoms with Gasteiger partial charge in [0.15, 0.2) is 0 Å². The third kappa shape index (κ3) is 5.26. The molecule has 0 bridgehead atoms. The Balaban J connectivity index is 1.94. The zero-order valence-corrected chi connectivity index (χ0v) is 14.1. The Morgan fingerprint density at radius 3 is 2.48 bits per heavy atom. The molecule has 6 nitrogen and oxygen atoms in total. The van der Waals surface area contributed by atoms with Crippen LogP contribution >= 0.6 is 0 Å². The van der Waals surface area contributed by atoms with E-state index in [1.807, 2.05) is 0 Å². The molecule has 5 N–H and O–H groups in total. The summed E-state index contributed by atoms with van der Waals surface area (Å²) in [6.45, 7) is 1.68. The minimum Gasteiger partial charge on any atom is -0.330 e. The Hall–Kier alpha value is -0.980. The standard InChI is InChI=1S/C17H32N4O2/c18-9-5-11-21(17(23)15-8-4-10-20-15)16(22)14(19)12-13-6-2-1-3-7-13/h13-15,20H,1-12,18-19H2/t14-,15?/m1/s1. The average molecular weight is 324 g/mol. The van der Waals surface area contributed by atoms with Crippen molar-refractivity contribution in [2.45, 2.75) is 69.9 Å². The van der Waals surface area contributed by atoms with E-state index in [0.717, 1.165) is 32.2 Å². The van der Waals surface area contributed by atoms with Crippen molar-refractivity contribution < 1.29 is 9.59 Å². The number of imide groups is 1. The predicted molar refractivity (Wildman–Crippen MR) is 90.6 cm³/mol. The Morgan fingerprint density at radius 2 is 1.87 bits per heavy atom. The van der Waals surface area contributed by atoms with Crippen molar-refractivity contribution in [1.29, 1.82) is 0 Å². The van der Waals surface area contributed by atoms with Gasteiger partial charge in [0.25, 0.3) is 0 Å². The molecule has 1 saturated carbocycles. The molecule has 0 aromatic heterocycles. The molecule has 2 rings (SSSR count). The maximum atomic E-state index is 12.7. The second-order valence-corrected chi connectivity index (χ2v) is 6.97. The highest BCUT2D eigenvalue weighted by Crippen LogP contribution is 2.27. The molecule has 0 spiro atoms. The van der Waals surface area contributed by atoms with Crippen LogP contribution in [-0.4, -0.2) is 48.4 Å². The second-order valence-electron chi connectivity index (χ2n) is 6.97. The minimum atomic E-state index is -0.568. The quantitative estimate of drug-likeness (QED) is 0.641. The lowest BCUT2D eigenvalue weighted by atomic mass is 9.84. The summed E-state index contributed by atoms with van der Waals surface area (Å²) in [7, 11) is 0. The zero-order chi connectivity index (χ0) is 16.7. The SMILES string of the molecule is NCCCN(C(=O)C1CCCN1)C(=O)[C@H](N)CC1CCCCC1. The number of nitrogens with zero attached hydrogens (tertiary/aromatic N) is 1. The molecule has 0 aromatic rings. The van der Waals surface area contributed by atoms with Crippen molar-refractivity contribution >= 4 is 11.8 Å². The van der Waals surface area contributed by atoms with Gasteiger partial charge in [0, 0.05) is 6.54 Å². The van der Waals surface area contributed by atoms with Gasteiger partial charge in [0.05, 0.1) is 12.1 Å². The first-order chi connectivity index (χ1) is 11.1. The maximum Gasteiger partial charge on any atom is 0.246 e. The lowest BCUT2D eigenvalue weighted by Gasteiger charge is -2.29. The molecular weight excluding hydrogens is 292 g/mol. The molecule has 1 saturated heterocycles. The number of nitrogens with two attached hydrogens (primary N) is 2. The van der Waals surface area contributed by atoms with Crippen molar-refractivity contribution in [3.63, 3.8) is 0 Å². The van der Waals surface area contributed by atoms with Crippen LogP contribution in [0.25, 0.3) is 0 Å². The summed E-state index contributed by atoms with van der Waals surface area (Å²) in [5, 5.41) is 3.17. The van der Waals surface area contributed by atoms with Crippen molar-refractivity contribution in [3.05, 3.63) is 0 Å². The van der Waals surface area contributed by atoms with Gasteiger partial charge in [0.1, 0.15) is 0 Å². The number of hydrogen-bond acceptors (Lipinski definition) is 5. The topological polar surface area (TPSA) is 101 Å². The summed E-state index contributed by atoms with van der Waals surface area (Å²) in [6.07, 6.45) is 9.15. The largest absolute Gasteiger partial charge is 0.330 e. The molecule has 2 aliphatic rings. The van der Waals surface area contributed by atoms with E-state index < -0.39 is 6.04 Å². The number of rotatable bonds is 7. The first-order valence-electron chi connectivity index (χ1n) is 9.17. The van der Waals surface area contributed by atoms with Gasteiger partial charge in [-0.1, -0.05) is 32.1 Å². The molecular formula is C17H32N4O2. The third-order valence-corrected chi connectivity index (χ3v) is 5.11. The van der Waals surface area contributed by atoms with Crippen LogP contribution in [0, 0.1) is 5.92 Å².